The number of ether oxygens (including phenoxy) is 1. The second-order valence-electron chi connectivity index (χ2n) is 7.25. The number of hydrogen-bond acceptors (Lipinski definition) is 5. The number of aromatic nitrogens is 2. The summed E-state index contributed by atoms with van der Waals surface area (Å²) in [4.78, 5) is 4.83. The van der Waals surface area contributed by atoms with Crippen LogP contribution in [-0.4, -0.2) is 54.4 Å². The molecule has 0 atom stereocenters. The summed E-state index contributed by atoms with van der Waals surface area (Å²) in [5.41, 5.74) is 1.99. The van der Waals surface area contributed by atoms with Crippen molar-refractivity contribution in [1.82, 2.24) is 15.1 Å². The smallest absolute Gasteiger partial charge is 0.151 e. The number of benzene rings is 1. The van der Waals surface area contributed by atoms with Crippen molar-refractivity contribution < 1.29 is 4.74 Å². The van der Waals surface area contributed by atoms with Gasteiger partial charge in [-0.25, -0.2) is 0 Å². The molecule has 1 aromatic heterocycles. The Labute approximate surface area is 156 Å². The average molecular weight is 352 g/mol. The fourth-order valence-electron chi connectivity index (χ4n) is 3.80. The van der Waals surface area contributed by atoms with Crippen LogP contribution in [0.3, 0.4) is 0 Å². The first-order chi connectivity index (χ1) is 12.9. The zero-order valence-electron chi connectivity index (χ0n) is 15.4. The highest BCUT2D eigenvalue weighted by Crippen LogP contribution is 2.23. The Morgan fingerprint density at radius 1 is 0.808 bits per heavy atom. The molecule has 0 radical (unpaired) electrons. The van der Waals surface area contributed by atoms with E-state index >= 15 is 0 Å². The van der Waals surface area contributed by atoms with Gasteiger partial charge in [-0.15, -0.1) is 10.2 Å². The SMILES string of the molecule is c1cc(-c2ccc(N3CCCC3)nn2)ccc1OCCCN1CCCC1. The number of nitrogens with zero attached hydrogens (tertiary/aromatic N) is 4. The normalized spacial score (nSPS) is 17.8. The van der Waals surface area contributed by atoms with Crippen LogP contribution in [0.2, 0.25) is 0 Å². The largest absolute Gasteiger partial charge is 0.494 e. The molecule has 2 fully saturated rings. The lowest BCUT2D eigenvalue weighted by atomic mass is 10.1. The van der Waals surface area contributed by atoms with Crippen molar-refractivity contribution in [3.05, 3.63) is 36.4 Å². The van der Waals surface area contributed by atoms with Gasteiger partial charge in [0.15, 0.2) is 5.82 Å². The molecule has 0 N–H and O–H groups in total. The third-order valence-corrected chi connectivity index (χ3v) is 5.32. The second kappa shape index (κ2) is 8.49. The summed E-state index contributed by atoms with van der Waals surface area (Å²) >= 11 is 0. The lowest BCUT2D eigenvalue weighted by molar-refractivity contribution is 0.263. The van der Waals surface area contributed by atoms with Crippen molar-refractivity contribution in [2.75, 3.05) is 44.2 Å². The molecule has 5 nitrogen and oxygen atoms in total. The van der Waals surface area contributed by atoms with Crippen LogP contribution in [0, 0.1) is 0 Å². The van der Waals surface area contributed by atoms with Crippen LogP contribution >= 0.6 is 0 Å². The molecule has 1 aromatic carbocycles. The molecule has 2 aliphatic rings. The van der Waals surface area contributed by atoms with Crippen molar-refractivity contribution in [1.29, 1.82) is 0 Å². The second-order valence-corrected chi connectivity index (χ2v) is 7.25. The summed E-state index contributed by atoms with van der Waals surface area (Å²) in [7, 11) is 0. The number of hydrogen-bond donors (Lipinski definition) is 0. The van der Waals surface area contributed by atoms with Crippen LogP contribution in [0.15, 0.2) is 36.4 Å². The molecule has 0 unspecified atom stereocenters. The van der Waals surface area contributed by atoms with Crippen LogP contribution in [-0.2, 0) is 0 Å². The van der Waals surface area contributed by atoms with Gasteiger partial charge in [0.05, 0.1) is 12.3 Å². The highest BCUT2D eigenvalue weighted by molar-refractivity contribution is 5.60. The van der Waals surface area contributed by atoms with E-state index in [2.05, 4.69) is 44.3 Å². The van der Waals surface area contributed by atoms with Crippen LogP contribution in [0.5, 0.6) is 5.75 Å². The fourth-order valence-corrected chi connectivity index (χ4v) is 3.80. The van der Waals surface area contributed by atoms with Crippen LogP contribution in [0.1, 0.15) is 32.1 Å². The Hall–Kier alpha value is -2.14. The van der Waals surface area contributed by atoms with E-state index in [1.165, 1.54) is 38.8 Å². The van der Waals surface area contributed by atoms with Crippen molar-refractivity contribution in [2.24, 2.45) is 0 Å². The summed E-state index contributed by atoms with van der Waals surface area (Å²) in [6, 6.07) is 12.3. The van der Waals surface area contributed by atoms with Gasteiger partial charge in [-0.2, -0.15) is 0 Å². The molecule has 138 valence electrons. The van der Waals surface area contributed by atoms with E-state index < -0.39 is 0 Å². The molecular weight excluding hydrogens is 324 g/mol. The maximum atomic E-state index is 5.87. The molecule has 0 bridgehead atoms. The van der Waals surface area contributed by atoms with Crippen LogP contribution < -0.4 is 9.64 Å². The number of likely N-dealkylation sites (tertiary alicyclic amines) is 1. The first kappa shape index (κ1) is 17.3. The van der Waals surface area contributed by atoms with Gasteiger partial charge in [-0.1, -0.05) is 0 Å². The van der Waals surface area contributed by atoms with E-state index in [0.717, 1.165) is 55.5 Å². The van der Waals surface area contributed by atoms with Gasteiger partial charge in [0.1, 0.15) is 5.75 Å². The minimum atomic E-state index is 0.778. The van der Waals surface area contributed by atoms with Gasteiger partial charge in [-0.3, -0.25) is 0 Å². The molecule has 4 rings (SSSR count). The third kappa shape index (κ3) is 4.33. The summed E-state index contributed by atoms with van der Waals surface area (Å²) in [6.45, 7) is 6.63. The minimum absolute atomic E-state index is 0.778. The molecule has 26 heavy (non-hydrogen) atoms. The molecule has 2 aromatic rings. The molecule has 3 heterocycles. The van der Waals surface area contributed by atoms with Gasteiger partial charge in [0.2, 0.25) is 0 Å². The number of rotatable bonds is 7. The van der Waals surface area contributed by atoms with Crippen molar-refractivity contribution in [3.63, 3.8) is 0 Å². The summed E-state index contributed by atoms with van der Waals surface area (Å²) in [5, 5.41) is 8.80. The van der Waals surface area contributed by atoms with Gasteiger partial charge in [-0.05, 0) is 81.6 Å². The Morgan fingerprint density at radius 2 is 1.54 bits per heavy atom. The predicted octanol–water partition coefficient (Wildman–Crippen LogP) is 3.61. The van der Waals surface area contributed by atoms with Crippen LogP contribution in [0.4, 0.5) is 5.82 Å². The molecule has 0 aliphatic carbocycles. The van der Waals surface area contributed by atoms with Crippen molar-refractivity contribution >= 4 is 5.82 Å². The molecule has 2 saturated heterocycles. The van der Waals surface area contributed by atoms with Gasteiger partial charge in [0, 0.05) is 25.2 Å². The fraction of sp³-hybridized carbons (Fsp3) is 0.524. The average Bonchev–Trinajstić information content (AvgIpc) is 3.40. The Bertz CT molecular complexity index is 674. The monoisotopic (exact) mass is 352 g/mol. The minimum Gasteiger partial charge on any atom is -0.494 e. The van der Waals surface area contributed by atoms with E-state index in [1.807, 2.05) is 12.1 Å². The molecule has 0 saturated carbocycles. The van der Waals surface area contributed by atoms with Gasteiger partial charge < -0.3 is 14.5 Å². The summed E-state index contributed by atoms with van der Waals surface area (Å²) < 4.78 is 5.87. The zero-order chi connectivity index (χ0) is 17.6. The van der Waals surface area contributed by atoms with E-state index in [0.29, 0.717) is 0 Å². The molecule has 5 heteroatoms. The topological polar surface area (TPSA) is 41.5 Å². The predicted molar refractivity (Wildman–Crippen MR) is 105 cm³/mol. The highest BCUT2D eigenvalue weighted by Gasteiger charge is 2.14. The number of anilines is 1. The zero-order valence-corrected chi connectivity index (χ0v) is 15.4. The summed E-state index contributed by atoms with van der Waals surface area (Å²) in [6.07, 6.45) is 6.30. The molecule has 0 spiro atoms. The highest BCUT2D eigenvalue weighted by atomic mass is 16.5. The van der Waals surface area contributed by atoms with Crippen molar-refractivity contribution in [3.8, 4) is 17.0 Å². The van der Waals surface area contributed by atoms with Gasteiger partial charge in [0.25, 0.3) is 0 Å². The third-order valence-electron chi connectivity index (χ3n) is 5.32. The molecular formula is C21H28N4O. The maximum Gasteiger partial charge on any atom is 0.151 e. The lowest BCUT2D eigenvalue weighted by Crippen LogP contribution is -2.21. The lowest BCUT2D eigenvalue weighted by Gasteiger charge is -2.15. The van der Waals surface area contributed by atoms with E-state index in [4.69, 9.17) is 4.74 Å². The van der Waals surface area contributed by atoms with E-state index in [-0.39, 0.29) is 0 Å². The standard InChI is InChI=1S/C21H28N4O/c1-2-13-24(12-1)14-5-17-26-19-8-6-18(7-9-19)20-10-11-21(23-22-20)25-15-3-4-16-25/h6-11H,1-5,12-17H2. The van der Waals surface area contributed by atoms with Crippen molar-refractivity contribution in [2.45, 2.75) is 32.1 Å². The molecule has 0 amide bonds. The Kier molecular flexibility index (Phi) is 5.65. The quantitative estimate of drug-likeness (QED) is 0.712. The Balaban J connectivity index is 1.28. The first-order valence-corrected chi connectivity index (χ1v) is 9.93. The maximum absolute atomic E-state index is 5.87. The van der Waals surface area contributed by atoms with E-state index in [9.17, 15) is 0 Å². The molecule has 2 aliphatic heterocycles. The van der Waals surface area contributed by atoms with E-state index in [1.54, 1.807) is 0 Å². The Morgan fingerprint density at radius 3 is 2.23 bits per heavy atom. The van der Waals surface area contributed by atoms with Gasteiger partial charge >= 0.3 is 0 Å². The summed E-state index contributed by atoms with van der Waals surface area (Å²) in [5.74, 6) is 1.92. The first-order valence-electron chi connectivity index (χ1n) is 9.93. The van der Waals surface area contributed by atoms with Crippen LogP contribution in [0.25, 0.3) is 11.3 Å².